The highest BCUT2D eigenvalue weighted by Crippen LogP contribution is 2.35. The lowest BCUT2D eigenvalue weighted by molar-refractivity contribution is -0.290. The second-order valence-electron chi connectivity index (χ2n) is 3.12. The highest BCUT2D eigenvalue weighted by atomic mass is 19.4. The molecule has 0 saturated carbocycles. The molecule has 1 heterocycles. The zero-order valence-electron chi connectivity index (χ0n) is 8.18. The summed E-state index contributed by atoms with van der Waals surface area (Å²) in [6.45, 7) is -0.172. The van der Waals surface area contributed by atoms with Crippen molar-refractivity contribution in [1.82, 2.24) is 4.98 Å². The van der Waals surface area contributed by atoms with E-state index in [9.17, 15) is 22.0 Å². The lowest BCUT2D eigenvalue weighted by Crippen LogP contribution is -2.41. The Bertz CT molecular complexity index is 363. The molecule has 0 amide bonds. The molecule has 0 N–H and O–H groups in total. The van der Waals surface area contributed by atoms with Gasteiger partial charge in [-0.1, -0.05) is 0 Å². The predicted molar refractivity (Wildman–Crippen MR) is 45.5 cm³/mol. The van der Waals surface area contributed by atoms with E-state index >= 15 is 0 Å². The maximum Gasteiger partial charge on any atom is 0.456 e. The first-order valence-electron chi connectivity index (χ1n) is 4.22. The molecule has 2 nitrogen and oxygen atoms in total. The zero-order chi connectivity index (χ0) is 12.4. The summed E-state index contributed by atoms with van der Waals surface area (Å²) in [7, 11) is 0. The molecule has 1 rings (SSSR count). The van der Waals surface area contributed by atoms with E-state index in [0.717, 1.165) is 0 Å². The molecule has 0 fully saturated rings. The van der Waals surface area contributed by atoms with Crippen LogP contribution in [0.4, 0.5) is 22.0 Å². The van der Waals surface area contributed by atoms with Gasteiger partial charge >= 0.3 is 12.1 Å². The van der Waals surface area contributed by atoms with Crippen molar-refractivity contribution in [2.75, 3.05) is 6.61 Å². The van der Waals surface area contributed by atoms with Crippen LogP contribution in [0, 0.1) is 6.92 Å². The van der Waals surface area contributed by atoms with Gasteiger partial charge in [-0.2, -0.15) is 22.0 Å². The summed E-state index contributed by atoms with van der Waals surface area (Å²) in [5, 5.41) is 0. The van der Waals surface area contributed by atoms with Crippen molar-refractivity contribution in [2.45, 2.75) is 19.0 Å². The highest BCUT2D eigenvalue weighted by Gasteiger charge is 2.58. The van der Waals surface area contributed by atoms with Gasteiger partial charge in [-0.05, 0) is 13.0 Å². The smallest absolute Gasteiger partial charge is 0.456 e. The van der Waals surface area contributed by atoms with E-state index in [1.54, 1.807) is 6.92 Å². The van der Waals surface area contributed by atoms with Gasteiger partial charge in [-0.3, -0.25) is 4.98 Å². The molecule has 0 spiro atoms. The molecule has 1 aromatic heterocycles. The van der Waals surface area contributed by atoms with Crippen LogP contribution in [0.25, 0.3) is 0 Å². The molecule has 0 radical (unpaired) electrons. The van der Waals surface area contributed by atoms with E-state index in [1.165, 1.54) is 18.3 Å². The maximum absolute atomic E-state index is 12.5. The van der Waals surface area contributed by atoms with Gasteiger partial charge < -0.3 is 4.74 Å². The molecule has 0 bridgehead atoms. The van der Waals surface area contributed by atoms with Gasteiger partial charge in [0.25, 0.3) is 0 Å². The highest BCUT2D eigenvalue weighted by molar-refractivity contribution is 5.21. The molecule has 16 heavy (non-hydrogen) atoms. The van der Waals surface area contributed by atoms with Crippen molar-refractivity contribution < 1.29 is 26.7 Å². The summed E-state index contributed by atoms with van der Waals surface area (Å²) in [6, 6.07) is 2.48. The topological polar surface area (TPSA) is 22.1 Å². The lowest BCUT2D eigenvalue weighted by Gasteiger charge is -2.19. The summed E-state index contributed by atoms with van der Waals surface area (Å²) in [5.74, 6) is -4.93. The van der Waals surface area contributed by atoms with E-state index in [1.807, 2.05) is 0 Å². The number of ether oxygens (including phenoxy) is 1. The van der Waals surface area contributed by atoms with Crippen molar-refractivity contribution in [3.05, 3.63) is 24.0 Å². The molecule has 90 valence electrons. The molecule has 0 aliphatic heterocycles. The fourth-order valence-corrected chi connectivity index (χ4v) is 0.865. The SMILES string of the molecule is Cc1cc(OCC(F)(F)C(F)(F)F)ccn1. The monoisotopic (exact) mass is 241 g/mol. The Hall–Kier alpha value is -1.40. The van der Waals surface area contributed by atoms with Crippen LogP contribution in [0.3, 0.4) is 0 Å². The molecule has 0 aliphatic rings. The van der Waals surface area contributed by atoms with E-state index in [-0.39, 0.29) is 5.75 Å². The molecule has 0 atom stereocenters. The van der Waals surface area contributed by atoms with E-state index in [4.69, 9.17) is 0 Å². The van der Waals surface area contributed by atoms with Crippen molar-refractivity contribution in [1.29, 1.82) is 0 Å². The average Bonchev–Trinajstić information content (AvgIpc) is 2.13. The van der Waals surface area contributed by atoms with Crippen LogP contribution < -0.4 is 4.74 Å². The van der Waals surface area contributed by atoms with Crippen LogP contribution in [0.1, 0.15) is 5.69 Å². The minimum absolute atomic E-state index is 0.0728. The van der Waals surface area contributed by atoms with Crippen LogP contribution in [0.15, 0.2) is 18.3 Å². The minimum Gasteiger partial charge on any atom is -0.487 e. The second-order valence-corrected chi connectivity index (χ2v) is 3.12. The molecular formula is C9H8F5NO. The standard InChI is InChI=1S/C9H8F5NO/c1-6-4-7(2-3-15-6)16-5-8(10,11)9(12,13)14/h2-4H,5H2,1H3. The Morgan fingerprint density at radius 1 is 1.25 bits per heavy atom. The summed E-state index contributed by atoms with van der Waals surface area (Å²) in [5.41, 5.74) is 0.466. The summed E-state index contributed by atoms with van der Waals surface area (Å²) in [6.07, 6.45) is -4.34. The Kier molecular flexibility index (Phi) is 3.35. The average molecular weight is 241 g/mol. The molecule has 0 saturated heterocycles. The Morgan fingerprint density at radius 2 is 1.88 bits per heavy atom. The predicted octanol–water partition coefficient (Wildman–Crippen LogP) is 2.97. The third-order valence-electron chi connectivity index (χ3n) is 1.70. The Balaban J connectivity index is 2.65. The number of pyridine rings is 1. The van der Waals surface area contributed by atoms with Crippen LogP contribution in [0.5, 0.6) is 5.75 Å². The van der Waals surface area contributed by atoms with Gasteiger partial charge in [-0.25, -0.2) is 0 Å². The Labute approximate surface area is 88.1 Å². The van der Waals surface area contributed by atoms with Crippen LogP contribution in [-0.4, -0.2) is 23.7 Å². The van der Waals surface area contributed by atoms with Gasteiger partial charge in [0.05, 0.1) is 0 Å². The Morgan fingerprint density at radius 3 is 2.38 bits per heavy atom. The number of aromatic nitrogens is 1. The van der Waals surface area contributed by atoms with Crippen LogP contribution in [0.2, 0.25) is 0 Å². The lowest BCUT2D eigenvalue weighted by atomic mass is 10.3. The fraction of sp³-hybridized carbons (Fsp3) is 0.444. The number of rotatable bonds is 3. The number of hydrogen-bond acceptors (Lipinski definition) is 2. The number of nitrogens with zero attached hydrogens (tertiary/aromatic N) is 1. The van der Waals surface area contributed by atoms with Crippen LogP contribution in [-0.2, 0) is 0 Å². The van der Waals surface area contributed by atoms with Crippen molar-refractivity contribution in [2.24, 2.45) is 0 Å². The van der Waals surface area contributed by atoms with Gasteiger partial charge in [0, 0.05) is 18.0 Å². The molecule has 0 aliphatic carbocycles. The van der Waals surface area contributed by atoms with Gasteiger partial charge in [0.15, 0.2) is 6.61 Å². The van der Waals surface area contributed by atoms with Crippen molar-refractivity contribution >= 4 is 0 Å². The molecule has 7 heteroatoms. The van der Waals surface area contributed by atoms with E-state index < -0.39 is 18.7 Å². The van der Waals surface area contributed by atoms with Gasteiger partial charge in [0.2, 0.25) is 0 Å². The minimum atomic E-state index is -5.60. The van der Waals surface area contributed by atoms with Crippen molar-refractivity contribution in [3.63, 3.8) is 0 Å². The number of halogens is 5. The molecular weight excluding hydrogens is 233 g/mol. The summed E-state index contributed by atoms with van der Waals surface area (Å²) in [4.78, 5) is 3.74. The van der Waals surface area contributed by atoms with Gasteiger partial charge in [-0.15, -0.1) is 0 Å². The number of aryl methyl sites for hydroxylation is 1. The second kappa shape index (κ2) is 4.23. The summed E-state index contributed by atoms with van der Waals surface area (Å²) >= 11 is 0. The zero-order valence-corrected chi connectivity index (χ0v) is 8.18. The summed E-state index contributed by atoms with van der Waals surface area (Å²) < 4.78 is 64.6. The molecule has 1 aromatic rings. The van der Waals surface area contributed by atoms with Crippen LogP contribution >= 0.6 is 0 Å². The maximum atomic E-state index is 12.5. The third kappa shape index (κ3) is 3.04. The normalized spacial score (nSPS) is 12.6. The first-order valence-corrected chi connectivity index (χ1v) is 4.22. The first kappa shape index (κ1) is 12.7. The fourth-order valence-electron chi connectivity index (χ4n) is 0.865. The first-order chi connectivity index (χ1) is 7.22. The number of hydrogen-bond donors (Lipinski definition) is 0. The largest absolute Gasteiger partial charge is 0.487 e. The quantitative estimate of drug-likeness (QED) is 0.759. The van der Waals surface area contributed by atoms with Crippen molar-refractivity contribution in [3.8, 4) is 5.75 Å². The number of alkyl halides is 5. The van der Waals surface area contributed by atoms with E-state index in [0.29, 0.717) is 5.69 Å². The van der Waals surface area contributed by atoms with E-state index in [2.05, 4.69) is 9.72 Å². The molecule has 0 unspecified atom stereocenters. The van der Waals surface area contributed by atoms with Gasteiger partial charge in [0.1, 0.15) is 5.75 Å². The third-order valence-corrected chi connectivity index (χ3v) is 1.70. The molecule has 0 aromatic carbocycles.